The van der Waals surface area contributed by atoms with Gasteiger partial charge in [-0.05, 0) is 77.0 Å². The lowest BCUT2D eigenvalue weighted by Crippen LogP contribution is -2.61. The Morgan fingerprint density at radius 1 is 0.214 bits per heavy atom. The average molecular weight is 1600 g/mol. The number of nitrogens with one attached hydrogen (secondary N) is 15. The second-order valence-corrected chi connectivity index (χ2v) is 25.4. The predicted octanol–water partition coefficient (Wildman–Crippen LogP) is -13.9. The average Bonchev–Trinajstić information content (AvgIpc) is 0.857. The molecule has 0 bridgehead atoms. The van der Waals surface area contributed by atoms with Crippen LogP contribution in [-0.4, -0.2) is 243 Å². The number of rotatable bonds is 59. The van der Waals surface area contributed by atoms with Crippen molar-refractivity contribution in [1.82, 2.24) is 79.8 Å². The van der Waals surface area contributed by atoms with Crippen molar-refractivity contribution in [3.05, 3.63) is 0 Å². The molecule has 0 aromatic heterocycles. The van der Waals surface area contributed by atoms with E-state index in [1.165, 1.54) is 28.2 Å². The van der Waals surface area contributed by atoms with Crippen LogP contribution in [0.25, 0.3) is 0 Å². The van der Waals surface area contributed by atoms with Crippen LogP contribution in [0.5, 0.6) is 0 Å². The summed E-state index contributed by atoms with van der Waals surface area (Å²) in [5, 5.41) is 34.3. The minimum absolute atomic E-state index is 0.215. The Labute approximate surface area is 641 Å². The van der Waals surface area contributed by atoms with Gasteiger partial charge in [0.25, 0.3) is 0 Å². The molecule has 0 rings (SSSR count). The van der Waals surface area contributed by atoms with Gasteiger partial charge in [0, 0.05) is 105 Å². The zero-order chi connectivity index (χ0) is 85.5. The molecule has 626 valence electrons. The largest absolute Gasteiger partial charge is 0.370 e. The molecule has 112 heavy (non-hydrogen) atoms. The second kappa shape index (κ2) is 53.3. The molecule has 33 N–H and O–H groups in total. The molecule has 0 aliphatic rings. The van der Waals surface area contributed by atoms with E-state index in [1.807, 2.05) is 0 Å². The summed E-state index contributed by atoms with van der Waals surface area (Å²) in [7, 11) is 4.94. The molecule has 23 amide bonds. The van der Waals surface area contributed by atoms with Gasteiger partial charge in [-0.2, -0.15) is 0 Å². The number of carbonyl (C=O) groups is 24. The molecule has 0 aromatic rings. The van der Waals surface area contributed by atoms with Crippen LogP contribution in [0.4, 0.5) is 0 Å². The quantitative estimate of drug-likeness (QED) is 0.0251. The second-order valence-electron chi connectivity index (χ2n) is 25.4. The van der Waals surface area contributed by atoms with Crippen LogP contribution in [0.15, 0.2) is 0 Å². The lowest BCUT2D eigenvalue weighted by Gasteiger charge is -2.28. The highest BCUT2D eigenvalue weighted by atomic mass is 16.2. The highest BCUT2D eigenvalue weighted by Crippen LogP contribution is 2.13. The molecule has 12 unspecified atom stereocenters. The van der Waals surface area contributed by atoms with Gasteiger partial charge >= 0.3 is 0 Å². The van der Waals surface area contributed by atoms with Gasteiger partial charge in [-0.15, -0.1) is 0 Å². The SMILES string of the molecule is CNC(=O)CCC(C=O)NC(=O)C(CCC(N)=O)NC(=O)C(CCC(N)=O)NC(=O)C(CCC(=O)NC)NC(=O)C(CCC(N)=O)NC(=O)C(CCC(N)=O)NC(=O)C(CCC(=O)NC)NC(=O)C(CCC(N)=O)NC(=O)C(CCC(N)=O)NC(=O)C(CCC(=O)NC)NC(=O)C(CCC(N)=O)NC(=O)C(N)CCC(N)=O. The van der Waals surface area contributed by atoms with Crippen LogP contribution in [0.2, 0.25) is 0 Å². The zero-order valence-electron chi connectivity index (χ0n) is 62.5. The Kier molecular flexibility index (Phi) is 47.3. The highest BCUT2D eigenvalue weighted by molar-refractivity contribution is 6.01. The molecule has 0 aliphatic heterocycles. The molecule has 0 spiro atoms. The molecule has 12 atom stereocenters. The number of hydrogen-bond donors (Lipinski definition) is 24. The van der Waals surface area contributed by atoms with Crippen molar-refractivity contribution in [2.24, 2.45) is 51.6 Å². The van der Waals surface area contributed by atoms with Crippen LogP contribution in [0, 0.1) is 0 Å². The third kappa shape index (κ3) is 42.8. The van der Waals surface area contributed by atoms with E-state index in [0.29, 0.717) is 6.29 Å². The summed E-state index contributed by atoms with van der Waals surface area (Å²) in [6.07, 6.45) is -13.3. The van der Waals surface area contributed by atoms with Gasteiger partial charge in [0.2, 0.25) is 136 Å². The van der Waals surface area contributed by atoms with Crippen molar-refractivity contribution in [2.75, 3.05) is 28.2 Å². The molecule has 0 heterocycles. The Balaban J connectivity index is 7.68. The summed E-state index contributed by atoms with van der Waals surface area (Å²) in [6, 6.07) is -21.5. The maximum absolute atomic E-state index is 14.6. The summed E-state index contributed by atoms with van der Waals surface area (Å²) < 4.78 is 0. The van der Waals surface area contributed by atoms with E-state index in [-0.39, 0.29) is 25.7 Å². The number of amides is 23. The molecule has 48 heteroatoms. The monoisotopic (exact) mass is 1590 g/mol. The number of aldehydes is 1. The minimum atomic E-state index is -2.00. The molecule has 0 aliphatic carbocycles. The summed E-state index contributed by atoms with van der Waals surface area (Å²) in [5.41, 5.74) is 48.7. The Morgan fingerprint density at radius 2 is 0.357 bits per heavy atom. The fraction of sp³-hybridized carbons (Fsp3) is 0.625. The third-order valence-corrected chi connectivity index (χ3v) is 16.4. The molecule has 48 nitrogen and oxygen atoms in total. The van der Waals surface area contributed by atoms with Crippen LogP contribution in [0.1, 0.15) is 154 Å². The molecule has 0 radical (unpaired) electrons. The van der Waals surface area contributed by atoms with Crippen molar-refractivity contribution in [2.45, 2.75) is 227 Å². The van der Waals surface area contributed by atoms with E-state index in [2.05, 4.69) is 79.8 Å². The van der Waals surface area contributed by atoms with Gasteiger partial charge < -0.3 is 136 Å². The summed E-state index contributed by atoms with van der Waals surface area (Å²) in [5.74, 6) is -24.5. The van der Waals surface area contributed by atoms with Crippen LogP contribution >= 0.6 is 0 Å². The fourth-order valence-electron chi connectivity index (χ4n) is 9.92. The van der Waals surface area contributed by atoms with Crippen molar-refractivity contribution in [1.29, 1.82) is 0 Å². The maximum atomic E-state index is 14.6. The molecular formula is C64H106N24O24. The lowest BCUT2D eigenvalue weighted by molar-refractivity contribution is -0.137. The third-order valence-electron chi connectivity index (χ3n) is 16.4. The first-order valence-corrected chi connectivity index (χ1v) is 35.1. The van der Waals surface area contributed by atoms with Crippen molar-refractivity contribution in [3.8, 4) is 0 Å². The van der Waals surface area contributed by atoms with Gasteiger partial charge in [0.05, 0.1) is 12.1 Å². The fourth-order valence-corrected chi connectivity index (χ4v) is 9.92. The Bertz CT molecular complexity index is 3410. The van der Waals surface area contributed by atoms with Crippen molar-refractivity contribution < 1.29 is 115 Å². The number of nitrogens with two attached hydrogens (primary N) is 9. The predicted molar refractivity (Wildman–Crippen MR) is 386 cm³/mol. The zero-order valence-corrected chi connectivity index (χ0v) is 62.5. The smallest absolute Gasteiger partial charge is 0.243 e. The molecule has 0 fully saturated rings. The van der Waals surface area contributed by atoms with E-state index < -0.39 is 337 Å². The molecule has 0 saturated heterocycles. The summed E-state index contributed by atoms with van der Waals surface area (Å²) in [6.45, 7) is 0. The summed E-state index contributed by atoms with van der Waals surface area (Å²) in [4.78, 5) is 313. The van der Waals surface area contributed by atoms with Gasteiger partial charge in [-0.25, -0.2) is 0 Å². The van der Waals surface area contributed by atoms with E-state index in [9.17, 15) is 115 Å². The van der Waals surface area contributed by atoms with Gasteiger partial charge in [-0.3, -0.25) is 110 Å². The minimum Gasteiger partial charge on any atom is -0.370 e. The van der Waals surface area contributed by atoms with Gasteiger partial charge in [-0.1, -0.05) is 0 Å². The standard InChI is InChI=1S/C64H106N24O24/c1-74-50(98)25-5-30(29-89)78-55(103)32(7-18-43(67)91)80-57(105)34(9-20-45(69)93)83-63(111)40(15-27-52(100)76-3)87-60(108)37(12-23-48(72)96)82-59(107)36(11-22-47(71)95)85-64(112)41(16-28-53(101)77-4)88-61(109)38(13-24-49(73)97)81-58(106)35(10-21-46(70)94)84-62(110)39(14-26-51(99)75-2)86-56(104)33(8-19-44(68)92)79-54(102)31(65)6-17-42(66)90/h29-41H,5-28,65H2,1-4H3,(H2,66,90)(H2,67,91)(H2,68,92)(H2,69,93)(H2,70,94)(H2,71,95)(H2,72,96)(H2,73,97)(H,74,98)(H,75,99)(H,76,100)(H,77,101)(H,78,103)(H,79,102)(H,80,105)(H,81,106)(H,82,107)(H,83,111)(H,84,110)(H,85,112)(H,86,104)(H,87,108)(H,88,109). The molecular weight excluding hydrogens is 1490 g/mol. The Hall–Kier alpha value is -12.6. The number of hydrogen-bond acceptors (Lipinski definition) is 25. The number of primary amides is 8. The lowest BCUT2D eigenvalue weighted by atomic mass is 10.0. The first-order valence-electron chi connectivity index (χ1n) is 35.1. The normalized spacial score (nSPS) is 13.9. The van der Waals surface area contributed by atoms with Gasteiger partial charge in [0.15, 0.2) is 0 Å². The van der Waals surface area contributed by atoms with E-state index in [0.717, 1.165) is 0 Å². The first kappa shape index (κ1) is 99.4. The van der Waals surface area contributed by atoms with Gasteiger partial charge in [0.1, 0.15) is 66.7 Å². The first-order chi connectivity index (χ1) is 52.5. The maximum Gasteiger partial charge on any atom is 0.243 e. The van der Waals surface area contributed by atoms with E-state index >= 15 is 0 Å². The van der Waals surface area contributed by atoms with Crippen molar-refractivity contribution >= 4 is 142 Å². The van der Waals surface area contributed by atoms with E-state index in [4.69, 9.17) is 51.6 Å². The molecule has 0 aromatic carbocycles. The van der Waals surface area contributed by atoms with Crippen LogP contribution in [0.3, 0.4) is 0 Å². The summed E-state index contributed by atoms with van der Waals surface area (Å²) >= 11 is 0. The van der Waals surface area contributed by atoms with Crippen LogP contribution < -0.4 is 131 Å². The number of carbonyl (C=O) groups excluding carboxylic acids is 24. The Morgan fingerprint density at radius 3 is 0.518 bits per heavy atom. The highest BCUT2D eigenvalue weighted by Gasteiger charge is 2.38. The van der Waals surface area contributed by atoms with E-state index in [1.54, 1.807) is 0 Å². The van der Waals surface area contributed by atoms with Crippen molar-refractivity contribution in [3.63, 3.8) is 0 Å². The van der Waals surface area contributed by atoms with Crippen LogP contribution in [-0.2, 0) is 115 Å². The molecule has 0 saturated carbocycles. The topological polar surface area (TPSA) is 824 Å².